The Kier molecular flexibility index (Phi) is 3.39. The number of benzene rings is 1. The summed E-state index contributed by atoms with van der Waals surface area (Å²) in [4.78, 5) is 0. The van der Waals surface area contributed by atoms with Crippen LogP contribution in [0.1, 0.15) is 31.4 Å². The van der Waals surface area contributed by atoms with Crippen molar-refractivity contribution in [3.05, 3.63) is 35.1 Å². The Hall–Kier alpha value is -1.03. The largest absolute Gasteiger partial charge is 0.395 e. The molecule has 0 aromatic heterocycles. The van der Waals surface area contributed by atoms with Gasteiger partial charge in [0.1, 0.15) is 5.82 Å². The average Bonchev–Trinajstić information content (AvgIpc) is 2.17. The first-order chi connectivity index (χ1) is 6.88. The van der Waals surface area contributed by atoms with Crippen molar-refractivity contribution >= 4 is 0 Å². The van der Waals surface area contributed by atoms with Crippen LogP contribution in [0, 0.1) is 5.82 Å². The molecule has 0 amide bonds. The van der Waals surface area contributed by atoms with Gasteiger partial charge in [0, 0.05) is 5.41 Å². The summed E-state index contributed by atoms with van der Waals surface area (Å²) < 4.78 is 37.7. The first-order valence-corrected chi connectivity index (χ1v) is 4.57. The maximum atomic E-state index is 13.2. The van der Waals surface area contributed by atoms with E-state index < -0.39 is 23.2 Å². The molecule has 1 rings (SSSR count). The molecule has 4 heteroatoms. The zero-order valence-corrected chi connectivity index (χ0v) is 8.60. The summed E-state index contributed by atoms with van der Waals surface area (Å²) in [6.07, 6.45) is -2.81. The smallest absolute Gasteiger partial charge is 0.266 e. The lowest BCUT2D eigenvalue weighted by atomic mass is 9.85. The van der Waals surface area contributed by atoms with E-state index in [1.165, 1.54) is 6.07 Å². The minimum absolute atomic E-state index is 0.166. The highest BCUT2D eigenvalue weighted by Crippen LogP contribution is 2.28. The number of halogens is 3. The normalized spacial score (nSPS) is 12.2. The standard InChI is InChI=1S/C11H13F3O/c1-11(2,6-15)7-3-4-8(10(13)14)9(12)5-7/h3-5,10,15H,6H2,1-2H3. The van der Waals surface area contributed by atoms with Crippen molar-refractivity contribution in [1.29, 1.82) is 0 Å². The van der Waals surface area contributed by atoms with Gasteiger partial charge in [0.25, 0.3) is 6.43 Å². The summed E-state index contributed by atoms with van der Waals surface area (Å²) >= 11 is 0. The van der Waals surface area contributed by atoms with E-state index in [-0.39, 0.29) is 6.61 Å². The van der Waals surface area contributed by atoms with Crippen molar-refractivity contribution in [2.75, 3.05) is 6.61 Å². The Balaban J connectivity index is 3.12. The topological polar surface area (TPSA) is 20.2 Å². The van der Waals surface area contributed by atoms with Gasteiger partial charge in [-0.1, -0.05) is 26.0 Å². The van der Waals surface area contributed by atoms with E-state index in [1.54, 1.807) is 13.8 Å². The third-order valence-electron chi connectivity index (χ3n) is 2.41. The molecule has 0 bridgehead atoms. The molecule has 0 fully saturated rings. The number of aliphatic hydroxyl groups excluding tert-OH is 1. The molecule has 0 aliphatic carbocycles. The summed E-state index contributed by atoms with van der Waals surface area (Å²) in [7, 11) is 0. The Morgan fingerprint density at radius 2 is 1.93 bits per heavy atom. The van der Waals surface area contributed by atoms with Gasteiger partial charge in [0.05, 0.1) is 12.2 Å². The summed E-state index contributed by atoms with van der Waals surface area (Å²) in [5.74, 6) is -0.927. The quantitative estimate of drug-likeness (QED) is 0.826. The predicted octanol–water partition coefficient (Wildman–Crippen LogP) is 3.03. The van der Waals surface area contributed by atoms with Crippen LogP contribution in [-0.2, 0) is 5.41 Å². The van der Waals surface area contributed by atoms with Gasteiger partial charge < -0.3 is 5.11 Å². The zero-order chi connectivity index (χ0) is 11.6. The highest BCUT2D eigenvalue weighted by Gasteiger charge is 2.22. The van der Waals surface area contributed by atoms with Crippen LogP contribution in [0.4, 0.5) is 13.2 Å². The van der Waals surface area contributed by atoms with Gasteiger partial charge in [-0.05, 0) is 11.6 Å². The number of hydrogen-bond donors (Lipinski definition) is 1. The second kappa shape index (κ2) is 4.23. The van der Waals surface area contributed by atoms with Crippen molar-refractivity contribution < 1.29 is 18.3 Å². The molecule has 0 aliphatic heterocycles. The minimum Gasteiger partial charge on any atom is -0.395 e. The fourth-order valence-corrected chi connectivity index (χ4v) is 1.22. The van der Waals surface area contributed by atoms with Crippen molar-refractivity contribution in [1.82, 2.24) is 0 Å². The summed E-state index contributed by atoms with van der Waals surface area (Å²) in [6.45, 7) is 3.26. The molecule has 0 heterocycles. The Morgan fingerprint density at radius 1 is 1.33 bits per heavy atom. The molecule has 1 nitrogen and oxygen atoms in total. The third kappa shape index (κ3) is 2.50. The van der Waals surface area contributed by atoms with E-state index >= 15 is 0 Å². The highest BCUT2D eigenvalue weighted by atomic mass is 19.3. The van der Waals surface area contributed by atoms with Crippen LogP contribution in [0.25, 0.3) is 0 Å². The van der Waals surface area contributed by atoms with E-state index in [9.17, 15) is 13.2 Å². The number of rotatable bonds is 3. The van der Waals surface area contributed by atoms with E-state index in [2.05, 4.69) is 0 Å². The van der Waals surface area contributed by atoms with Gasteiger partial charge in [-0.2, -0.15) is 0 Å². The first kappa shape index (κ1) is 12.0. The third-order valence-corrected chi connectivity index (χ3v) is 2.41. The second-order valence-corrected chi connectivity index (χ2v) is 4.08. The van der Waals surface area contributed by atoms with Gasteiger partial charge in [-0.3, -0.25) is 0 Å². The molecule has 1 aromatic rings. The molecule has 0 unspecified atom stereocenters. The molecule has 0 saturated carbocycles. The highest BCUT2D eigenvalue weighted by molar-refractivity contribution is 5.30. The first-order valence-electron chi connectivity index (χ1n) is 4.57. The number of aliphatic hydroxyl groups is 1. The molecule has 0 atom stereocenters. The Bertz CT molecular complexity index is 348. The minimum atomic E-state index is -2.81. The van der Waals surface area contributed by atoms with E-state index in [0.29, 0.717) is 5.56 Å². The van der Waals surface area contributed by atoms with Crippen LogP contribution >= 0.6 is 0 Å². The van der Waals surface area contributed by atoms with Crippen LogP contribution in [0.15, 0.2) is 18.2 Å². The van der Waals surface area contributed by atoms with Gasteiger partial charge in [-0.15, -0.1) is 0 Å². The van der Waals surface area contributed by atoms with E-state index in [0.717, 1.165) is 12.1 Å². The molecule has 0 spiro atoms. The summed E-state index contributed by atoms with van der Waals surface area (Å²) in [6, 6.07) is 3.53. The second-order valence-electron chi connectivity index (χ2n) is 4.08. The molecule has 84 valence electrons. The molecule has 1 N–H and O–H groups in total. The van der Waals surface area contributed by atoms with Crippen molar-refractivity contribution in [3.8, 4) is 0 Å². The average molecular weight is 218 g/mol. The van der Waals surface area contributed by atoms with Crippen LogP contribution < -0.4 is 0 Å². The van der Waals surface area contributed by atoms with Gasteiger partial charge in [0.2, 0.25) is 0 Å². The molecular weight excluding hydrogens is 205 g/mol. The monoisotopic (exact) mass is 218 g/mol. The number of hydrogen-bond acceptors (Lipinski definition) is 1. The van der Waals surface area contributed by atoms with E-state index in [1.807, 2.05) is 0 Å². The van der Waals surface area contributed by atoms with E-state index in [4.69, 9.17) is 5.11 Å². The molecule has 15 heavy (non-hydrogen) atoms. The maximum absolute atomic E-state index is 13.2. The van der Waals surface area contributed by atoms with Crippen molar-refractivity contribution in [3.63, 3.8) is 0 Å². The van der Waals surface area contributed by atoms with Gasteiger partial charge in [0.15, 0.2) is 0 Å². The molecule has 1 aromatic carbocycles. The Labute approximate surface area is 86.5 Å². The molecule has 0 aliphatic rings. The van der Waals surface area contributed by atoms with Crippen LogP contribution in [0.3, 0.4) is 0 Å². The van der Waals surface area contributed by atoms with Crippen molar-refractivity contribution in [2.45, 2.75) is 25.7 Å². The van der Waals surface area contributed by atoms with Gasteiger partial charge in [-0.25, -0.2) is 13.2 Å². The van der Waals surface area contributed by atoms with Crippen LogP contribution in [-0.4, -0.2) is 11.7 Å². The van der Waals surface area contributed by atoms with Crippen LogP contribution in [0.5, 0.6) is 0 Å². The fourth-order valence-electron chi connectivity index (χ4n) is 1.22. The molecular formula is C11H13F3O. The maximum Gasteiger partial charge on any atom is 0.266 e. The molecule has 0 saturated heterocycles. The lowest BCUT2D eigenvalue weighted by Gasteiger charge is -2.22. The summed E-state index contributed by atoms with van der Waals surface area (Å²) in [5, 5.41) is 9.05. The number of alkyl halides is 2. The predicted molar refractivity (Wildman–Crippen MR) is 51.5 cm³/mol. The van der Waals surface area contributed by atoms with Crippen molar-refractivity contribution in [2.24, 2.45) is 0 Å². The SMILES string of the molecule is CC(C)(CO)c1ccc(C(F)F)c(F)c1. The Morgan fingerprint density at radius 3 is 2.33 bits per heavy atom. The summed E-state index contributed by atoms with van der Waals surface area (Å²) in [5.41, 5.74) is -0.721. The lowest BCUT2D eigenvalue weighted by Crippen LogP contribution is -2.22. The van der Waals surface area contributed by atoms with Crippen LogP contribution in [0.2, 0.25) is 0 Å². The molecule has 0 radical (unpaired) electrons. The zero-order valence-electron chi connectivity index (χ0n) is 8.60. The lowest BCUT2D eigenvalue weighted by molar-refractivity contribution is 0.146. The van der Waals surface area contributed by atoms with Gasteiger partial charge >= 0.3 is 0 Å². The fraction of sp³-hybridized carbons (Fsp3) is 0.455.